The number of ether oxygens (including phenoxy) is 1. The van der Waals surface area contributed by atoms with Gasteiger partial charge in [0, 0.05) is 20.0 Å². The number of methoxy groups -OCH3 is 1. The molecule has 0 aliphatic heterocycles. The molecule has 0 bridgehead atoms. The van der Waals surface area contributed by atoms with Crippen LogP contribution in [0, 0.1) is 5.92 Å². The van der Waals surface area contributed by atoms with Crippen molar-refractivity contribution in [1.82, 2.24) is 0 Å². The van der Waals surface area contributed by atoms with Crippen molar-refractivity contribution in [1.29, 1.82) is 0 Å². The minimum atomic E-state index is -0.329. The fourth-order valence-electron chi connectivity index (χ4n) is 2.77. The molecule has 0 N–H and O–H groups in total. The minimum Gasteiger partial charge on any atom is -0.373 e. The fraction of sp³-hybridized carbons (Fsp3) is 0.438. The Kier molecular flexibility index (Phi) is 3.97. The van der Waals surface area contributed by atoms with Crippen molar-refractivity contribution in [2.45, 2.75) is 31.8 Å². The first-order valence-corrected chi connectivity index (χ1v) is 6.51. The number of carbonyl (C=O) groups is 1. The molecule has 2 rings (SSSR count). The van der Waals surface area contributed by atoms with Crippen molar-refractivity contribution >= 4 is 5.78 Å². The van der Waals surface area contributed by atoms with Crippen LogP contribution in [0.15, 0.2) is 42.5 Å². The summed E-state index contributed by atoms with van der Waals surface area (Å²) < 4.78 is 5.80. The van der Waals surface area contributed by atoms with E-state index < -0.39 is 0 Å². The molecule has 0 heterocycles. The average Bonchev–Trinajstić information content (AvgIpc) is 2.42. The third-order valence-electron chi connectivity index (χ3n) is 3.89. The maximum Gasteiger partial charge on any atom is 0.155 e. The van der Waals surface area contributed by atoms with E-state index in [1.165, 1.54) is 5.56 Å². The van der Waals surface area contributed by atoms with E-state index in [9.17, 15) is 4.79 Å². The van der Waals surface area contributed by atoms with Crippen LogP contribution in [0.4, 0.5) is 0 Å². The Balaban J connectivity index is 2.29. The highest BCUT2D eigenvalue weighted by Gasteiger charge is 2.39. The Hall–Kier alpha value is -1.41. The quantitative estimate of drug-likeness (QED) is 0.813. The molecule has 0 spiro atoms. The summed E-state index contributed by atoms with van der Waals surface area (Å²) in [5.41, 5.74) is 0.918. The minimum absolute atomic E-state index is 0.211. The number of hydrogen-bond donors (Lipinski definition) is 0. The van der Waals surface area contributed by atoms with Gasteiger partial charge in [-0.1, -0.05) is 37.3 Å². The van der Waals surface area contributed by atoms with Gasteiger partial charge < -0.3 is 4.74 Å². The zero-order chi connectivity index (χ0) is 13.0. The van der Waals surface area contributed by atoms with Gasteiger partial charge >= 0.3 is 0 Å². The Bertz CT molecular complexity index is 436. The van der Waals surface area contributed by atoms with Crippen LogP contribution in [-0.2, 0) is 16.0 Å². The summed E-state index contributed by atoms with van der Waals surface area (Å²) in [5.74, 6) is 0.475. The summed E-state index contributed by atoms with van der Waals surface area (Å²) in [4.78, 5) is 11.5. The SMILES string of the molecule is CCC1CC(=O)C=CC1(Cc1ccccc1)OC. The second kappa shape index (κ2) is 5.49. The number of rotatable bonds is 4. The Morgan fingerprint density at radius 3 is 2.67 bits per heavy atom. The Morgan fingerprint density at radius 2 is 2.06 bits per heavy atom. The lowest BCUT2D eigenvalue weighted by molar-refractivity contribution is -0.120. The summed E-state index contributed by atoms with van der Waals surface area (Å²) in [6.07, 6.45) is 6.01. The van der Waals surface area contributed by atoms with Crippen molar-refractivity contribution < 1.29 is 9.53 Å². The molecule has 0 aromatic heterocycles. The largest absolute Gasteiger partial charge is 0.373 e. The molecule has 96 valence electrons. The van der Waals surface area contributed by atoms with Crippen molar-refractivity contribution in [3.05, 3.63) is 48.0 Å². The topological polar surface area (TPSA) is 26.3 Å². The zero-order valence-corrected chi connectivity index (χ0v) is 11.1. The Labute approximate surface area is 109 Å². The molecule has 0 radical (unpaired) electrons. The zero-order valence-electron chi connectivity index (χ0n) is 11.1. The lowest BCUT2D eigenvalue weighted by Gasteiger charge is -2.39. The van der Waals surface area contributed by atoms with Gasteiger partial charge in [0.05, 0.1) is 5.60 Å². The number of benzene rings is 1. The lowest BCUT2D eigenvalue weighted by Crippen LogP contribution is -2.43. The standard InChI is InChI=1S/C16H20O2/c1-3-14-11-15(17)9-10-16(14,18-2)12-13-7-5-4-6-8-13/h4-10,14H,3,11-12H2,1-2H3. The van der Waals surface area contributed by atoms with Crippen molar-refractivity contribution in [2.75, 3.05) is 7.11 Å². The van der Waals surface area contributed by atoms with Crippen LogP contribution >= 0.6 is 0 Å². The van der Waals surface area contributed by atoms with E-state index in [2.05, 4.69) is 19.1 Å². The van der Waals surface area contributed by atoms with E-state index in [0.717, 1.165) is 12.8 Å². The molecule has 2 unspecified atom stereocenters. The molecule has 1 aliphatic carbocycles. The smallest absolute Gasteiger partial charge is 0.155 e. The highest BCUT2D eigenvalue weighted by Crippen LogP contribution is 2.35. The molecule has 1 aromatic carbocycles. The predicted octanol–water partition coefficient (Wildman–Crippen LogP) is 3.17. The van der Waals surface area contributed by atoms with Crippen LogP contribution in [0.25, 0.3) is 0 Å². The highest BCUT2D eigenvalue weighted by atomic mass is 16.5. The van der Waals surface area contributed by atoms with Gasteiger partial charge in [-0.2, -0.15) is 0 Å². The fourth-order valence-corrected chi connectivity index (χ4v) is 2.77. The molecule has 0 saturated carbocycles. The van der Waals surface area contributed by atoms with Crippen molar-refractivity contribution in [3.63, 3.8) is 0 Å². The maximum atomic E-state index is 11.5. The van der Waals surface area contributed by atoms with E-state index in [4.69, 9.17) is 4.74 Å². The summed E-state index contributed by atoms with van der Waals surface area (Å²) in [5, 5.41) is 0. The second-order valence-electron chi connectivity index (χ2n) is 4.93. The van der Waals surface area contributed by atoms with E-state index >= 15 is 0 Å². The molecule has 2 nitrogen and oxygen atoms in total. The molecule has 1 aliphatic rings. The van der Waals surface area contributed by atoms with Crippen LogP contribution in [0.3, 0.4) is 0 Å². The Morgan fingerprint density at radius 1 is 1.33 bits per heavy atom. The third-order valence-corrected chi connectivity index (χ3v) is 3.89. The van der Waals surface area contributed by atoms with Crippen LogP contribution in [-0.4, -0.2) is 18.5 Å². The normalized spacial score (nSPS) is 27.4. The summed E-state index contributed by atoms with van der Waals surface area (Å²) >= 11 is 0. The van der Waals surface area contributed by atoms with Gasteiger partial charge in [-0.15, -0.1) is 0 Å². The van der Waals surface area contributed by atoms with E-state index in [-0.39, 0.29) is 17.3 Å². The molecule has 0 fully saturated rings. The van der Waals surface area contributed by atoms with Crippen LogP contribution in [0.5, 0.6) is 0 Å². The first kappa shape index (κ1) is 13.0. The van der Waals surface area contributed by atoms with Crippen molar-refractivity contribution in [2.24, 2.45) is 5.92 Å². The van der Waals surface area contributed by atoms with Gasteiger partial charge in [0.2, 0.25) is 0 Å². The molecule has 0 saturated heterocycles. The molecular weight excluding hydrogens is 224 g/mol. The van der Waals surface area contributed by atoms with E-state index in [1.54, 1.807) is 13.2 Å². The van der Waals surface area contributed by atoms with E-state index in [1.807, 2.05) is 24.3 Å². The lowest BCUT2D eigenvalue weighted by atomic mass is 9.74. The van der Waals surface area contributed by atoms with Crippen LogP contribution in [0.1, 0.15) is 25.3 Å². The number of ketones is 1. The molecule has 18 heavy (non-hydrogen) atoms. The summed E-state index contributed by atoms with van der Waals surface area (Å²) in [6, 6.07) is 10.3. The molecule has 2 heteroatoms. The van der Waals surface area contributed by atoms with Crippen LogP contribution < -0.4 is 0 Å². The second-order valence-corrected chi connectivity index (χ2v) is 4.93. The van der Waals surface area contributed by atoms with Gasteiger partial charge in [-0.25, -0.2) is 0 Å². The average molecular weight is 244 g/mol. The van der Waals surface area contributed by atoms with Gasteiger partial charge in [0.15, 0.2) is 5.78 Å². The number of hydrogen-bond acceptors (Lipinski definition) is 2. The van der Waals surface area contributed by atoms with Crippen molar-refractivity contribution in [3.8, 4) is 0 Å². The number of carbonyl (C=O) groups excluding carboxylic acids is 1. The third kappa shape index (κ3) is 2.54. The molecule has 1 aromatic rings. The van der Waals surface area contributed by atoms with Gasteiger partial charge in [-0.05, 0) is 30.1 Å². The van der Waals surface area contributed by atoms with Gasteiger partial charge in [-0.3, -0.25) is 4.79 Å². The first-order valence-electron chi connectivity index (χ1n) is 6.51. The van der Waals surface area contributed by atoms with Gasteiger partial charge in [0.1, 0.15) is 0 Å². The highest BCUT2D eigenvalue weighted by molar-refractivity contribution is 5.91. The van der Waals surface area contributed by atoms with E-state index in [0.29, 0.717) is 6.42 Å². The monoisotopic (exact) mass is 244 g/mol. The molecular formula is C16H20O2. The summed E-state index contributed by atoms with van der Waals surface area (Å²) in [6.45, 7) is 2.12. The predicted molar refractivity (Wildman–Crippen MR) is 72.4 cm³/mol. The molecule has 0 amide bonds. The molecule has 2 atom stereocenters. The van der Waals surface area contributed by atoms with Gasteiger partial charge in [0.25, 0.3) is 0 Å². The number of allylic oxidation sites excluding steroid dienone is 1. The maximum absolute atomic E-state index is 11.5. The van der Waals surface area contributed by atoms with Crippen LogP contribution in [0.2, 0.25) is 0 Å². The summed E-state index contributed by atoms with van der Waals surface area (Å²) in [7, 11) is 1.74. The first-order chi connectivity index (χ1) is 8.70.